The van der Waals surface area contributed by atoms with Crippen LogP contribution in [0.1, 0.15) is 12.8 Å². The molecule has 1 aliphatic heterocycles. The number of primary amides is 1. The molecule has 1 aromatic carbocycles. The Labute approximate surface area is 128 Å². The predicted molar refractivity (Wildman–Crippen MR) is 80.7 cm³/mol. The smallest absolute Gasteiger partial charge is 0.312 e. The number of carbonyl (C=O) groups excluding carboxylic acids is 2. The van der Waals surface area contributed by atoms with E-state index in [1.807, 2.05) is 0 Å². The number of rotatable bonds is 5. The number of hydrogen-bond acceptors (Lipinski definition) is 4. The van der Waals surface area contributed by atoms with Gasteiger partial charge >= 0.3 is 6.03 Å². The van der Waals surface area contributed by atoms with E-state index in [9.17, 15) is 18.0 Å². The van der Waals surface area contributed by atoms with Gasteiger partial charge in [0, 0.05) is 18.8 Å². The van der Waals surface area contributed by atoms with Crippen molar-refractivity contribution >= 4 is 27.6 Å². The molecule has 2 rings (SSSR count). The molecule has 120 valence electrons. The van der Waals surface area contributed by atoms with Gasteiger partial charge in [-0.1, -0.05) is 0 Å². The van der Waals surface area contributed by atoms with Crippen LogP contribution >= 0.6 is 0 Å². The summed E-state index contributed by atoms with van der Waals surface area (Å²) in [6, 6.07) is 5.12. The maximum atomic E-state index is 12.3. The van der Waals surface area contributed by atoms with Crippen LogP contribution in [0.2, 0.25) is 0 Å². The van der Waals surface area contributed by atoms with Crippen molar-refractivity contribution in [2.75, 3.05) is 25.0 Å². The van der Waals surface area contributed by atoms with Gasteiger partial charge in [0.1, 0.15) is 0 Å². The van der Waals surface area contributed by atoms with Gasteiger partial charge in [0.05, 0.1) is 11.4 Å². The molecule has 8 nitrogen and oxygen atoms in total. The molecule has 1 heterocycles. The number of anilines is 1. The minimum atomic E-state index is -3.46. The molecule has 0 spiro atoms. The van der Waals surface area contributed by atoms with Crippen molar-refractivity contribution in [3.05, 3.63) is 24.3 Å². The van der Waals surface area contributed by atoms with Crippen LogP contribution in [0, 0.1) is 0 Å². The quantitative estimate of drug-likeness (QED) is 0.709. The van der Waals surface area contributed by atoms with Crippen LogP contribution in [0.15, 0.2) is 29.2 Å². The summed E-state index contributed by atoms with van der Waals surface area (Å²) in [6.45, 7) is 0.836. The van der Waals surface area contributed by atoms with Gasteiger partial charge in [0.15, 0.2) is 0 Å². The van der Waals surface area contributed by atoms with Gasteiger partial charge in [0.25, 0.3) is 0 Å². The number of nitrogens with two attached hydrogens (primary N) is 1. The van der Waals surface area contributed by atoms with Gasteiger partial charge < -0.3 is 16.4 Å². The van der Waals surface area contributed by atoms with Crippen molar-refractivity contribution in [3.8, 4) is 0 Å². The van der Waals surface area contributed by atoms with E-state index in [4.69, 9.17) is 5.73 Å². The third kappa shape index (κ3) is 3.95. The summed E-state index contributed by atoms with van der Waals surface area (Å²) in [5.74, 6) is -0.450. The molecule has 0 aliphatic carbocycles. The highest BCUT2D eigenvalue weighted by Gasteiger charge is 2.26. The van der Waals surface area contributed by atoms with E-state index in [1.165, 1.54) is 28.6 Å². The summed E-state index contributed by atoms with van der Waals surface area (Å²) in [5.41, 5.74) is 5.30. The second kappa shape index (κ2) is 6.75. The Morgan fingerprint density at radius 2 is 1.73 bits per heavy atom. The Bertz CT molecular complexity index is 651. The first-order valence-corrected chi connectivity index (χ1v) is 8.27. The molecule has 0 saturated carbocycles. The van der Waals surface area contributed by atoms with Gasteiger partial charge in [-0.3, -0.25) is 4.79 Å². The lowest BCUT2D eigenvalue weighted by Gasteiger charge is -2.15. The first-order valence-electron chi connectivity index (χ1n) is 6.83. The van der Waals surface area contributed by atoms with Crippen molar-refractivity contribution in [2.24, 2.45) is 5.73 Å². The molecular weight excluding hydrogens is 308 g/mol. The Kier molecular flexibility index (Phi) is 4.99. The zero-order chi connectivity index (χ0) is 16.2. The van der Waals surface area contributed by atoms with Crippen LogP contribution in [-0.4, -0.2) is 44.3 Å². The number of urea groups is 1. The largest absolute Gasteiger partial charge is 0.352 e. The molecule has 0 atom stereocenters. The van der Waals surface area contributed by atoms with Gasteiger partial charge in [-0.05, 0) is 37.1 Å². The van der Waals surface area contributed by atoms with Crippen molar-refractivity contribution in [2.45, 2.75) is 17.7 Å². The Hall–Kier alpha value is -2.13. The topological polar surface area (TPSA) is 122 Å². The number of amides is 3. The molecule has 9 heteroatoms. The molecule has 0 unspecified atom stereocenters. The molecule has 1 aromatic rings. The van der Waals surface area contributed by atoms with Crippen molar-refractivity contribution in [1.82, 2.24) is 9.62 Å². The summed E-state index contributed by atoms with van der Waals surface area (Å²) in [4.78, 5) is 22.2. The summed E-state index contributed by atoms with van der Waals surface area (Å²) in [5, 5.41) is 4.69. The first kappa shape index (κ1) is 16.2. The lowest BCUT2D eigenvalue weighted by Crippen LogP contribution is -2.36. The first-order chi connectivity index (χ1) is 10.4. The average molecular weight is 326 g/mol. The van der Waals surface area contributed by atoms with Crippen LogP contribution in [0.5, 0.6) is 0 Å². The van der Waals surface area contributed by atoms with Crippen molar-refractivity contribution in [3.63, 3.8) is 0 Å². The monoisotopic (exact) mass is 326 g/mol. The standard InChI is InChI=1S/C13H18N4O4S/c14-13(19)15-9-12(18)16-10-3-5-11(6-4-10)22(20,21)17-7-1-2-8-17/h3-6H,1-2,7-9H2,(H,16,18)(H3,14,15,19). The molecule has 22 heavy (non-hydrogen) atoms. The van der Waals surface area contributed by atoms with E-state index < -0.39 is 22.0 Å². The number of sulfonamides is 1. The van der Waals surface area contributed by atoms with Crippen molar-refractivity contribution < 1.29 is 18.0 Å². The van der Waals surface area contributed by atoms with E-state index in [0.717, 1.165) is 12.8 Å². The summed E-state index contributed by atoms with van der Waals surface area (Å²) in [6.07, 6.45) is 1.75. The molecule has 1 fully saturated rings. The SMILES string of the molecule is NC(=O)NCC(=O)Nc1ccc(S(=O)(=O)N2CCCC2)cc1. The Morgan fingerprint density at radius 1 is 1.14 bits per heavy atom. The average Bonchev–Trinajstić information content (AvgIpc) is 3.00. The third-order valence-corrected chi connectivity index (χ3v) is 5.18. The third-order valence-electron chi connectivity index (χ3n) is 3.26. The van der Waals surface area contributed by atoms with Gasteiger partial charge in [-0.25, -0.2) is 13.2 Å². The van der Waals surface area contributed by atoms with Crippen molar-refractivity contribution in [1.29, 1.82) is 0 Å². The summed E-state index contributed by atoms with van der Waals surface area (Å²) in [7, 11) is -3.46. The molecule has 3 amide bonds. The number of carbonyl (C=O) groups is 2. The molecule has 1 saturated heterocycles. The second-order valence-electron chi connectivity index (χ2n) is 4.90. The number of nitrogens with zero attached hydrogens (tertiary/aromatic N) is 1. The van der Waals surface area contributed by atoms with Crippen LogP contribution in [0.4, 0.5) is 10.5 Å². The lowest BCUT2D eigenvalue weighted by atomic mass is 10.3. The normalized spacial score (nSPS) is 15.5. The number of nitrogens with one attached hydrogen (secondary N) is 2. The fourth-order valence-corrected chi connectivity index (χ4v) is 3.68. The Balaban J connectivity index is 2.01. The van der Waals surface area contributed by atoms with E-state index in [-0.39, 0.29) is 11.4 Å². The zero-order valence-electron chi connectivity index (χ0n) is 11.9. The van der Waals surface area contributed by atoms with Crippen LogP contribution in [0.3, 0.4) is 0 Å². The number of hydrogen-bond donors (Lipinski definition) is 3. The zero-order valence-corrected chi connectivity index (χ0v) is 12.7. The summed E-state index contributed by atoms with van der Waals surface area (Å²) >= 11 is 0. The van der Waals surface area contributed by atoms with E-state index in [1.54, 1.807) is 0 Å². The number of benzene rings is 1. The minimum Gasteiger partial charge on any atom is -0.352 e. The van der Waals surface area contributed by atoms with E-state index in [2.05, 4.69) is 10.6 Å². The van der Waals surface area contributed by atoms with Gasteiger partial charge in [-0.2, -0.15) is 4.31 Å². The van der Waals surface area contributed by atoms with Gasteiger partial charge in [0.2, 0.25) is 15.9 Å². The molecule has 0 radical (unpaired) electrons. The fraction of sp³-hybridized carbons (Fsp3) is 0.385. The molecule has 1 aliphatic rings. The highest BCUT2D eigenvalue weighted by Crippen LogP contribution is 2.22. The predicted octanol–water partition coefficient (Wildman–Crippen LogP) is 0.0779. The highest BCUT2D eigenvalue weighted by molar-refractivity contribution is 7.89. The maximum absolute atomic E-state index is 12.3. The minimum absolute atomic E-state index is 0.197. The molecule has 4 N–H and O–H groups in total. The molecule has 0 bridgehead atoms. The second-order valence-corrected chi connectivity index (χ2v) is 6.84. The molecule has 0 aromatic heterocycles. The van der Waals surface area contributed by atoms with E-state index in [0.29, 0.717) is 18.8 Å². The lowest BCUT2D eigenvalue weighted by molar-refractivity contribution is -0.115. The van der Waals surface area contributed by atoms with Gasteiger partial charge in [-0.15, -0.1) is 0 Å². The highest BCUT2D eigenvalue weighted by atomic mass is 32.2. The van der Waals surface area contributed by atoms with Crippen LogP contribution in [0.25, 0.3) is 0 Å². The Morgan fingerprint density at radius 3 is 2.27 bits per heavy atom. The molecular formula is C13H18N4O4S. The summed E-state index contributed by atoms with van der Waals surface area (Å²) < 4.78 is 26.1. The van der Waals surface area contributed by atoms with Crippen LogP contribution < -0.4 is 16.4 Å². The van der Waals surface area contributed by atoms with E-state index >= 15 is 0 Å². The van der Waals surface area contributed by atoms with Crippen LogP contribution in [-0.2, 0) is 14.8 Å². The maximum Gasteiger partial charge on any atom is 0.312 e. The fourth-order valence-electron chi connectivity index (χ4n) is 2.16.